The van der Waals surface area contributed by atoms with E-state index in [0.29, 0.717) is 5.71 Å². The molecule has 1 amide bonds. The molecule has 0 aliphatic heterocycles. The van der Waals surface area contributed by atoms with Crippen LogP contribution in [0.25, 0.3) is 5.69 Å². The maximum atomic E-state index is 11.9. The maximum absolute atomic E-state index is 11.9. The van der Waals surface area contributed by atoms with Crippen molar-refractivity contribution in [1.82, 2.24) is 30.2 Å². The molecule has 0 spiro atoms. The van der Waals surface area contributed by atoms with Crippen molar-refractivity contribution in [1.29, 1.82) is 0 Å². The van der Waals surface area contributed by atoms with Crippen LogP contribution < -0.4 is 11.0 Å². The molecule has 3 rings (SSSR count). The van der Waals surface area contributed by atoms with E-state index in [4.69, 9.17) is 0 Å². The Labute approximate surface area is 142 Å². The third kappa shape index (κ3) is 4.02. The van der Waals surface area contributed by atoms with Gasteiger partial charge >= 0.3 is 0 Å². The van der Waals surface area contributed by atoms with Gasteiger partial charge in [-0.3, -0.25) is 9.59 Å². The van der Waals surface area contributed by atoms with Crippen LogP contribution in [0, 0.1) is 0 Å². The maximum Gasteiger partial charge on any atom is 0.260 e. The van der Waals surface area contributed by atoms with Gasteiger partial charge < -0.3 is 4.57 Å². The Hall–Kier alpha value is -3.62. The molecule has 1 aromatic carbocycles. The number of pyridine rings is 1. The lowest BCUT2D eigenvalue weighted by Crippen LogP contribution is -2.29. The van der Waals surface area contributed by atoms with Crippen molar-refractivity contribution in [3.05, 3.63) is 70.9 Å². The average molecular weight is 337 g/mol. The van der Waals surface area contributed by atoms with Gasteiger partial charge in [-0.1, -0.05) is 18.2 Å². The van der Waals surface area contributed by atoms with Gasteiger partial charge in [0.1, 0.15) is 12.9 Å². The molecule has 126 valence electrons. The van der Waals surface area contributed by atoms with Gasteiger partial charge in [0, 0.05) is 12.3 Å². The standard InChI is InChI=1S/C16H15N7O2/c1-12(13-5-4-6-14(9-13)23-11-17-20-21-23)18-19-15(24)10-22-8-3-2-7-16(22)25/h2-9,11H,10H2,1H3,(H,19,24)/b18-12-. The van der Waals surface area contributed by atoms with Gasteiger partial charge in [-0.25, -0.2) is 10.1 Å². The van der Waals surface area contributed by atoms with Crippen LogP contribution in [0.2, 0.25) is 0 Å². The van der Waals surface area contributed by atoms with Crippen LogP contribution in [0.5, 0.6) is 0 Å². The number of amides is 1. The van der Waals surface area contributed by atoms with Crippen LogP contribution in [-0.2, 0) is 11.3 Å². The summed E-state index contributed by atoms with van der Waals surface area (Å²) in [5.74, 6) is -0.385. The fourth-order valence-corrected chi connectivity index (χ4v) is 2.15. The zero-order valence-electron chi connectivity index (χ0n) is 13.4. The van der Waals surface area contributed by atoms with E-state index in [-0.39, 0.29) is 18.0 Å². The van der Waals surface area contributed by atoms with Gasteiger partial charge in [-0.15, -0.1) is 5.10 Å². The van der Waals surface area contributed by atoms with E-state index in [1.165, 1.54) is 21.6 Å². The van der Waals surface area contributed by atoms with Gasteiger partial charge in [-0.2, -0.15) is 5.10 Å². The molecule has 0 aliphatic carbocycles. The molecule has 0 saturated carbocycles. The molecule has 2 heterocycles. The highest BCUT2D eigenvalue weighted by molar-refractivity contribution is 5.99. The van der Waals surface area contributed by atoms with Crippen LogP contribution in [0.4, 0.5) is 0 Å². The van der Waals surface area contributed by atoms with Crippen LogP contribution in [-0.4, -0.2) is 36.4 Å². The summed E-state index contributed by atoms with van der Waals surface area (Å²) >= 11 is 0. The molecule has 2 aromatic heterocycles. The van der Waals surface area contributed by atoms with Crippen molar-refractivity contribution >= 4 is 11.6 Å². The Balaban J connectivity index is 1.69. The number of nitrogens with one attached hydrogen (secondary N) is 1. The van der Waals surface area contributed by atoms with Crippen molar-refractivity contribution in [2.24, 2.45) is 5.10 Å². The summed E-state index contributed by atoms with van der Waals surface area (Å²) < 4.78 is 2.83. The molecular formula is C16H15N7O2. The largest absolute Gasteiger partial charge is 0.306 e. The number of carbonyl (C=O) groups excluding carboxylic acids is 1. The minimum atomic E-state index is -0.385. The Morgan fingerprint density at radius 2 is 2.12 bits per heavy atom. The van der Waals surface area contributed by atoms with Crippen LogP contribution >= 0.6 is 0 Å². The van der Waals surface area contributed by atoms with E-state index in [1.54, 1.807) is 25.3 Å². The lowest BCUT2D eigenvalue weighted by atomic mass is 10.1. The minimum Gasteiger partial charge on any atom is -0.306 e. The topological polar surface area (TPSA) is 107 Å². The molecular weight excluding hydrogens is 322 g/mol. The molecule has 9 heteroatoms. The molecule has 0 unspecified atom stereocenters. The van der Waals surface area contributed by atoms with Crippen molar-refractivity contribution in [2.45, 2.75) is 13.5 Å². The van der Waals surface area contributed by atoms with Crippen molar-refractivity contribution in [2.75, 3.05) is 0 Å². The molecule has 0 saturated heterocycles. The Kier molecular flexibility index (Phi) is 4.74. The Morgan fingerprint density at radius 1 is 1.24 bits per heavy atom. The summed E-state index contributed by atoms with van der Waals surface area (Å²) in [7, 11) is 0. The summed E-state index contributed by atoms with van der Waals surface area (Å²) in [6.45, 7) is 1.68. The summed E-state index contributed by atoms with van der Waals surface area (Å²) in [5.41, 5.74) is 4.41. The molecule has 0 atom stereocenters. The Morgan fingerprint density at radius 3 is 2.88 bits per heavy atom. The van der Waals surface area contributed by atoms with Gasteiger partial charge in [0.2, 0.25) is 0 Å². The van der Waals surface area contributed by atoms with Gasteiger partial charge in [0.25, 0.3) is 11.5 Å². The number of nitrogens with zero attached hydrogens (tertiary/aromatic N) is 6. The summed E-state index contributed by atoms with van der Waals surface area (Å²) in [6.07, 6.45) is 3.04. The molecule has 9 nitrogen and oxygen atoms in total. The first-order chi connectivity index (χ1) is 12.1. The van der Waals surface area contributed by atoms with Crippen molar-refractivity contribution < 1.29 is 4.79 Å². The van der Waals surface area contributed by atoms with Crippen molar-refractivity contribution in [3.63, 3.8) is 0 Å². The predicted octanol–water partition coefficient (Wildman–Crippen LogP) is 0.364. The molecule has 0 radical (unpaired) electrons. The second-order valence-corrected chi connectivity index (χ2v) is 5.20. The number of carbonyl (C=O) groups is 1. The van der Waals surface area contributed by atoms with E-state index in [9.17, 15) is 9.59 Å². The van der Waals surface area contributed by atoms with Crippen LogP contribution in [0.15, 0.2) is 64.9 Å². The number of rotatable bonds is 5. The number of hydrazone groups is 1. The first-order valence-electron chi connectivity index (χ1n) is 7.46. The highest BCUT2D eigenvalue weighted by atomic mass is 16.2. The van der Waals surface area contributed by atoms with Gasteiger partial charge in [0.05, 0.1) is 11.4 Å². The zero-order valence-corrected chi connectivity index (χ0v) is 13.4. The fourth-order valence-electron chi connectivity index (χ4n) is 2.15. The quantitative estimate of drug-likeness (QED) is 0.534. The SMILES string of the molecule is C/C(=N/NC(=O)Cn1ccccc1=O)c1cccc(-n2cnnn2)c1. The smallest absolute Gasteiger partial charge is 0.260 e. The minimum absolute atomic E-state index is 0.0961. The number of hydrogen-bond acceptors (Lipinski definition) is 6. The Bertz CT molecular complexity index is 960. The lowest BCUT2D eigenvalue weighted by Gasteiger charge is -2.06. The average Bonchev–Trinajstić information content (AvgIpc) is 3.16. The molecule has 0 fully saturated rings. The third-order valence-corrected chi connectivity index (χ3v) is 3.44. The molecule has 0 bridgehead atoms. The highest BCUT2D eigenvalue weighted by Gasteiger charge is 2.05. The molecule has 25 heavy (non-hydrogen) atoms. The van der Waals surface area contributed by atoms with Crippen LogP contribution in [0.3, 0.4) is 0 Å². The molecule has 0 aliphatic rings. The van der Waals surface area contributed by atoms with E-state index in [2.05, 4.69) is 26.1 Å². The molecule has 3 aromatic rings. The number of benzene rings is 1. The second kappa shape index (κ2) is 7.30. The van der Waals surface area contributed by atoms with E-state index < -0.39 is 0 Å². The number of aromatic nitrogens is 5. The van der Waals surface area contributed by atoms with E-state index in [0.717, 1.165) is 11.3 Å². The lowest BCUT2D eigenvalue weighted by molar-refractivity contribution is -0.121. The summed E-state index contributed by atoms with van der Waals surface area (Å²) in [6, 6.07) is 12.1. The van der Waals surface area contributed by atoms with Gasteiger partial charge in [-0.05, 0) is 41.1 Å². The fraction of sp³-hybridized carbons (Fsp3) is 0.125. The van der Waals surface area contributed by atoms with E-state index in [1.807, 2.05) is 24.3 Å². The predicted molar refractivity (Wildman–Crippen MR) is 90.2 cm³/mol. The highest BCUT2D eigenvalue weighted by Crippen LogP contribution is 2.09. The third-order valence-electron chi connectivity index (χ3n) is 3.44. The second-order valence-electron chi connectivity index (χ2n) is 5.20. The summed E-state index contributed by atoms with van der Waals surface area (Å²) in [5, 5.41) is 15.1. The normalized spacial score (nSPS) is 11.3. The van der Waals surface area contributed by atoms with Gasteiger partial charge in [0.15, 0.2) is 0 Å². The number of hydrogen-bond donors (Lipinski definition) is 1. The number of tetrazole rings is 1. The zero-order chi connectivity index (χ0) is 17.6. The van der Waals surface area contributed by atoms with E-state index >= 15 is 0 Å². The molecule has 1 N–H and O–H groups in total. The van der Waals surface area contributed by atoms with Crippen LogP contribution in [0.1, 0.15) is 12.5 Å². The monoisotopic (exact) mass is 337 g/mol. The summed E-state index contributed by atoms with van der Waals surface area (Å²) in [4.78, 5) is 23.5. The first kappa shape index (κ1) is 16.2. The first-order valence-corrected chi connectivity index (χ1v) is 7.46. The van der Waals surface area contributed by atoms with Crippen molar-refractivity contribution in [3.8, 4) is 5.69 Å².